The highest BCUT2D eigenvalue weighted by Crippen LogP contribution is 2.39. The molecular formula is C15H18N4O. The molecular weight excluding hydrogens is 252 g/mol. The van der Waals surface area contributed by atoms with E-state index in [2.05, 4.69) is 20.8 Å². The Hall–Kier alpha value is -2.30. The Bertz CT molecular complexity index is 599. The van der Waals surface area contributed by atoms with Gasteiger partial charge in [-0.3, -0.25) is 10.4 Å². The number of aromatic amines is 1. The molecule has 3 rings (SSSR count). The number of nitrogens with one attached hydrogen (secondary N) is 3. The molecule has 1 aromatic carbocycles. The van der Waals surface area contributed by atoms with Crippen LogP contribution in [-0.2, 0) is 6.54 Å². The average molecular weight is 270 g/mol. The Balaban J connectivity index is 1.49. The first-order valence-electron chi connectivity index (χ1n) is 6.86. The fourth-order valence-electron chi connectivity index (χ4n) is 2.05. The third-order valence-electron chi connectivity index (χ3n) is 3.43. The zero-order valence-corrected chi connectivity index (χ0v) is 11.4. The Labute approximate surface area is 117 Å². The lowest BCUT2D eigenvalue weighted by Crippen LogP contribution is -2.28. The van der Waals surface area contributed by atoms with Crippen LogP contribution in [-0.4, -0.2) is 16.2 Å². The smallest absolute Gasteiger partial charge is 0.320 e. The molecule has 20 heavy (non-hydrogen) atoms. The van der Waals surface area contributed by atoms with Gasteiger partial charge in [0, 0.05) is 24.2 Å². The Morgan fingerprint density at radius 3 is 2.80 bits per heavy atom. The second kappa shape index (κ2) is 5.36. The highest BCUT2D eigenvalue weighted by molar-refractivity contribution is 5.88. The summed E-state index contributed by atoms with van der Waals surface area (Å²) in [4.78, 5) is 11.8. The van der Waals surface area contributed by atoms with Gasteiger partial charge in [-0.05, 0) is 25.3 Å². The van der Waals surface area contributed by atoms with Crippen LogP contribution in [0.2, 0.25) is 0 Å². The second-order valence-corrected chi connectivity index (χ2v) is 5.28. The van der Waals surface area contributed by atoms with E-state index in [1.807, 2.05) is 37.3 Å². The Morgan fingerprint density at radius 1 is 1.35 bits per heavy atom. The number of H-pyrrole nitrogens is 1. The Kier molecular flexibility index (Phi) is 3.41. The molecule has 0 radical (unpaired) electrons. The van der Waals surface area contributed by atoms with Gasteiger partial charge < -0.3 is 5.32 Å². The van der Waals surface area contributed by atoms with Crippen molar-refractivity contribution in [3.8, 4) is 0 Å². The van der Waals surface area contributed by atoms with Crippen molar-refractivity contribution in [2.24, 2.45) is 0 Å². The maximum Gasteiger partial charge on any atom is 0.320 e. The van der Waals surface area contributed by atoms with E-state index in [-0.39, 0.29) is 6.03 Å². The SMILES string of the molecule is Cc1ccc(CNC(=O)Nc2cc(C3CC3)[nH]n2)cc1. The molecule has 0 unspecified atom stereocenters. The number of anilines is 1. The summed E-state index contributed by atoms with van der Waals surface area (Å²) in [6.07, 6.45) is 2.42. The van der Waals surface area contributed by atoms with Crippen molar-refractivity contribution < 1.29 is 4.79 Å². The van der Waals surface area contributed by atoms with Gasteiger partial charge >= 0.3 is 6.03 Å². The van der Waals surface area contributed by atoms with Crippen molar-refractivity contribution in [2.45, 2.75) is 32.2 Å². The summed E-state index contributed by atoms with van der Waals surface area (Å²) < 4.78 is 0. The molecule has 0 spiro atoms. The van der Waals surface area contributed by atoms with Crippen LogP contribution in [0, 0.1) is 6.92 Å². The van der Waals surface area contributed by atoms with E-state index in [0.29, 0.717) is 18.3 Å². The lowest BCUT2D eigenvalue weighted by molar-refractivity contribution is 0.251. The molecule has 2 amide bonds. The van der Waals surface area contributed by atoms with E-state index < -0.39 is 0 Å². The van der Waals surface area contributed by atoms with Crippen molar-refractivity contribution in [2.75, 3.05) is 5.32 Å². The number of urea groups is 1. The molecule has 1 aliphatic carbocycles. The zero-order chi connectivity index (χ0) is 13.9. The van der Waals surface area contributed by atoms with Gasteiger partial charge in [-0.1, -0.05) is 29.8 Å². The van der Waals surface area contributed by atoms with Crippen LogP contribution in [0.5, 0.6) is 0 Å². The van der Waals surface area contributed by atoms with E-state index in [0.717, 1.165) is 11.3 Å². The monoisotopic (exact) mass is 270 g/mol. The molecule has 0 saturated heterocycles. The van der Waals surface area contributed by atoms with E-state index in [9.17, 15) is 4.79 Å². The second-order valence-electron chi connectivity index (χ2n) is 5.28. The van der Waals surface area contributed by atoms with Gasteiger partial charge in [0.2, 0.25) is 0 Å². The summed E-state index contributed by atoms with van der Waals surface area (Å²) in [5.41, 5.74) is 3.40. The number of benzene rings is 1. The van der Waals surface area contributed by atoms with Crippen LogP contribution >= 0.6 is 0 Å². The third-order valence-corrected chi connectivity index (χ3v) is 3.43. The minimum absolute atomic E-state index is 0.237. The van der Waals surface area contributed by atoms with Crippen molar-refractivity contribution in [1.82, 2.24) is 15.5 Å². The molecule has 5 heteroatoms. The predicted molar refractivity (Wildman–Crippen MR) is 77.6 cm³/mol. The lowest BCUT2D eigenvalue weighted by atomic mass is 10.1. The van der Waals surface area contributed by atoms with Crippen molar-refractivity contribution in [3.63, 3.8) is 0 Å². The number of carbonyl (C=O) groups is 1. The summed E-state index contributed by atoms with van der Waals surface area (Å²) in [7, 11) is 0. The van der Waals surface area contributed by atoms with Crippen LogP contribution in [0.4, 0.5) is 10.6 Å². The minimum Gasteiger partial charge on any atom is -0.334 e. The van der Waals surface area contributed by atoms with E-state index in [4.69, 9.17) is 0 Å². The van der Waals surface area contributed by atoms with Crippen molar-refractivity contribution in [3.05, 3.63) is 47.2 Å². The van der Waals surface area contributed by atoms with E-state index in [1.54, 1.807) is 0 Å². The molecule has 2 aromatic rings. The van der Waals surface area contributed by atoms with Crippen LogP contribution in [0.25, 0.3) is 0 Å². The number of aryl methyl sites for hydroxylation is 1. The summed E-state index contributed by atoms with van der Waals surface area (Å²) in [6, 6.07) is 9.75. The van der Waals surface area contributed by atoms with E-state index in [1.165, 1.54) is 18.4 Å². The van der Waals surface area contributed by atoms with Gasteiger partial charge in [0.05, 0.1) is 0 Å². The molecule has 1 fully saturated rings. The first kappa shape index (κ1) is 12.7. The molecule has 1 aliphatic rings. The zero-order valence-electron chi connectivity index (χ0n) is 11.4. The van der Waals surface area contributed by atoms with Crippen LogP contribution in [0.3, 0.4) is 0 Å². The molecule has 0 bridgehead atoms. The normalized spacial score (nSPS) is 14.1. The topological polar surface area (TPSA) is 69.8 Å². The maximum atomic E-state index is 11.8. The summed E-state index contributed by atoms with van der Waals surface area (Å²) in [6.45, 7) is 2.55. The fraction of sp³-hybridized carbons (Fsp3) is 0.333. The molecule has 1 aromatic heterocycles. The highest BCUT2D eigenvalue weighted by atomic mass is 16.2. The number of rotatable bonds is 4. The molecule has 0 atom stereocenters. The maximum absolute atomic E-state index is 11.8. The number of nitrogens with zero attached hydrogens (tertiary/aromatic N) is 1. The summed E-state index contributed by atoms with van der Waals surface area (Å²) >= 11 is 0. The van der Waals surface area contributed by atoms with Crippen molar-refractivity contribution in [1.29, 1.82) is 0 Å². The largest absolute Gasteiger partial charge is 0.334 e. The van der Waals surface area contributed by atoms with Gasteiger partial charge in [-0.15, -0.1) is 0 Å². The van der Waals surface area contributed by atoms with Gasteiger partial charge in [0.1, 0.15) is 0 Å². The molecule has 3 N–H and O–H groups in total. The number of hydrogen-bond donors (Lipinski definition) is 3. The standard InChI is InChI=1S/C15H18N4O/c1-10-2-4-11(5-3-10)9-16-15(20)17-14-8-13(18-19-14)12-6-7-12/h2-5,8,12H,6-7,9H2,1H3,(H3,16,17,18,19,20). The van der Waals surface area contributed by atoms with Gasteiger partial charge in [0.15, 0.2) is 5.82 Å². The first-order chi connectivity index (χ1) is 9.70. The summed E-state index contributed by atoms with van der Waals surface area (Å²) in [5, 5.41) is 12.6. The van der Waals surface area contributed by atoms with Gasteiger partial charge in [-0.2, -0.15) is 5.10 Å². The van der Waals surface area contributed by atoms with Crippen LogP contribution in [0.15, 0.2) is 30.3 Å². The number of carbonyl (C=O) groups excluding carboxylic acids is 1. The highest BCUT2D eigenvalue weighted by Gasteiger charge is 2.25. The van der Waals surface area contributed by atoms with Gasteiger partial charge in [-0.25, -0.2) is 4.79 Å². The van der Waals surface area contributed by atoms with Gasteiger partial charge in [0.25, 0.3) is 0 Å². The molecule has 1 heterocycles. The Morgan fingerprint density at radius 2 is 2.10 bits per heavy atom. The van der Waals surface area contributed by atoms with Crippen molar-refractivity contribution >= 4 is 11.8 Å². The number of amides is 2. The first-order valence-corrected chi connectivity index (χ1v) is 6.86. The number of hydrogen-bond acceptors (Lipinski definition) is 2. The lowest BCUT2D eigenvalue weighted by Gasteiger charge is -2.05. The van der Waals surface area contributed by atoms with Crippen LogP contribution in [0.1, 0.15) is 35.6 Å². The van der Waals surface area contributed by atoms with Crippen LogP contribution < -0.4 is 10.6 Å². The molecule has 0 aliphatic heterocycles. The molecule has 1 saturated carbocycles. The quantitative estimate of drug-likeness (QED) is 0.799. The third kappa shape index (κ3) is 3.17. The average Bonchev–Trinajstić information content (AvgIpc) is 3.19. The fourth-order valence-corrected chi connectivity index (χ4v) is 2.05. The van der Waals surface area contributed by atoms with E-state index >= 15 is 0 Å². The molecule has 104 valence electrons. The molecule has 5 nitrogen and oxygen atoms in total. The predicted octanol–water partition coefficient (Wildman–Crippen LogP) is 2.92. The number of aromatic nitrogens is 2. The summed E-state index contributed by atoms with van der Waals surface area (Å²) in [5.74, 6) is 1.18. The minimum atomic E-state index is -0.237.